The Balaban J connectivity index is 1.20. The number of phosphoric ester groups is 2. The van der Waals surface area contributed by atoms with Gasteiger partial charge in [0, 0.05) is 17.2 Å². The molecule has 1 aromatic heterocycles. The topological polar surface area (TPSA) is 306 Å². The number of benzene rings is 1. The van der Waals surface area contributed by atoms with E-state index >= 15 is 0 Å². The summed E-state index contributed by atoms with van der Waals surface area (Å²) in [4.78, 5) is 81.2. The van der Waals surface area contributed by atoms with Crippen LogP contribution in [0.4, 0.5) is 11.5 Å². The number of phosphoric acid groups is 4. The molecule has 1 saturated heterocycles. The van der Waals surface area contributed by atoms with Crippen molar-refractivity contribution in [3.05, 3.63) is 68.2 Å². The molecule has 3 heterocycles. The summed E-state index contributed by atoms with van der Waals surface area (Å²) in [7, 11) is -24.8. The van der Waals surface area contributed by atoms with Crippen LogP contribution in [-0.2, 0) is 50.7 Å². The maximum absolute atomic E-state index is 12.5. The van der Waals surface area contributed by atoms with Crippen molar-refractivity contribution >= 4 is 77.5 Å². The van der Waals surface area contributed by atoms with Crippen molar-refractivity contribution in [2.24, 2.45) is 4.99 Å². The second-order valence-electron chi connectivity index (χ2n) is 11.1. The molecule has 272 valence electrons. The van der Waals surface area contributed by atoms with Crippen molar-refractivity contribution in [2.45, 2.75) is 44.4 Å². The molecule has 5 rings (SSSR count). The van der Waals surface area contributed by atoms with E-state index in [4.69, 9.17) is 33.7 Å². The fraction of sp³-hybridized carbons (Fsp3) is 0.333. The first kappa shape index (κ1) is 38.9. The van der Waals surface area contributed by atoms with Crippen molar-refractivity contribution in [2.75, 3.05) is 12.3 Å². The Morgan fingerprint density at radius 1 is 0.980 bits per heavy atom. The quantitative estimate of drug-likeness (QED) is 0.237. The number of Topliss-reactive ketones (excluding diaryl/α,β-unsaturated/α-hetero) is 1. The van der Waals surface area contributed by atoms with Crippen LogP contribution in [0.15, 0.2) is 62.0 Å². The minimum absolute atomic E-state index is 0.0439. The molecule has 6 unspecified atom stereocenters. The first-order valence-electron chi connectivity index (χ1n) is 13.8. The number of ether oxygens (including phenoxy) is 1. The number of nitrogens with zero attached hydrogens (tertiary/aromatic N) is 3. The molecule has 2 N–H and O–H groups in total. The van der Waals surface area contributed by atoms with E-state index in [1.54, 1.807) is 13.8 Å². The molecular weight excluding hydrogens is 795 g/mol. The number of ketones is 1. The van der Waals surface area contributed by atoms with Gasteiger partial charge in [-0.05, 0) is 48.7 Å². The van der Waals surface area contributed by atoms with Gasteiger partial charge in [0.15, 0.2) is 0 Å². The molecule has 1 fully saturated rings. The molecule has 6 atom stereocenters. The minimum atomic E-state index is -6.48. The summed E-state index contributed by atoms with van der Waals surface area (Å²) in [6.45, 7) is 2.41. The zero-order valence-corrected chi connectivity index (χ0v) is 30.3. The summed E-state index contributed by atoms with van der Waals surface area (Å²) in [5.41, 5.74) is 4.66. The molecule has 3 aliphatic rings. The number of allylic oxidation sites excluding steroid dienone is 4. The maximum atomic E-state index is 12.5. The lowest BCUT2D eigenvalue weighted by Gasteiger charge is -2.37. The Kier molecular flexibility index (Phi) is 10.8. The highest BCUT2D eigenvalue weighted by atomic mass is 35.5. The van der Waals surface area contributed by atoms with Gasteiger partial charge < -0.3 is 39.1 Å². The summed E-state index contributed by atoms with van der Waals surface area (Å²) >= 11 is 12.2. The van der Waals surface area contributed by atoms with E-state index in [0.29, 0.717) is 0 Å². The smallest absolute Gasteiger partial charge is 0.351 e. The fourth-order valence-electron chi connectivity index (χ4n) is 5.11. The molecule has 2 aromatic rings. The number of nitrogen functional groups attached to an aromatic ring is 1. The Bertz CT molecular complexity index is 2120. The average Bonchev–Trinajstić information content (AvgIpc) is 3.42. The van der Waals surface area contributed by atoms with E-state index in [1.807, 2.05) is 0 Å². The van der Waals surface area contributed by atoms with Crippen molar-refractivity contribution in [1.29, 1.82) is 0 Å². The zero-order valence-electron chi connectivity index (χ0n) is 25.2. The van der Waals surface area contributed by atoms with Gasteiger partial charge in [-0.1, -0.05) is 37.0 Å². The SMILES string of the molecule is CC1(C)C2=C(Cl)C(=O)C(Cl)=CC2=Nc2ccc(OP(=O)([O-])OP(=O)([O-])OP(=O)([O-])OP(=O)([O-])OCC3CCC(n4ccc(N)nc4=O)O3)cc21. The molecule has 0 radical (unpaired) electrons. The van der Waals surface area contributed by atoms with Gasteiger partial charge in [0.1, 0.15) is 17.8 Å². The van der Waals surface area contributed by atoms with Gasteiger partial charge in [-0.3, -0.25) is 27.6 Å². The molecule has 0 spiro atoms. The molecule has 0 bridgehead atoms. The Morgan fingerprint density at radius 2 is 1.62 bits per heavy atom. The third-order valence-corrected chi connectivity index (χ3v) is 13.5. The lowest BCUT2D eigenvalue weighted by Crippen LogP contribution is -2.32. The summed E-state index contributed by atoms with van der Waals surface area (Å²) < 4.78 is 75.8. The first-order valence-corrected chi connectivity index (χ1v) is 20.4. The number of aromatic nitrogens is 2. The largest absolute Gasteiger partial charge is 0.756 e. The lowest BCUT2D eigenvalue weighted by atomic mass is 9.71. The van der Waals surface area contributed by atoms with Crippen LogP contribution in [0.25, 0.3) is 0 Å². The van der Waals surface area contributed by atoms with E-state index < -0.39 is 72.9 Å². The number of aliphatic imine (C=N–C) groups is 1. The predicted molar refractivity (Wildman–Crippen MR) is 165 cm³/mol. The molecule has 1 aromatic carbocycles. The number of halogens is 2. The Hall–Kier alpha value is -2.34. The molecule has 50 heavy (non-hydrogen) atoms. The minimum Gasteiger partial charge on any atom is -0.756 e. The van der Waals surface area contributed by atoms with Gasteiger partial charge in [-0.15, -0.1) is 0 Å². The molecule has 0 amide bonds. The van der Waals surface area contributed by atoms with E-state index in [9.17, 15) is 47.4 Å². The number of nitrogens with two attached hydrogens (primary N) is 1. The first-order chi connectivity index (χ1) is 23.0. The second kappa shape index (κ2) is 13.9. The van der Waals surface area contributed by atoms with Gasteiger partial charge >= 0.3 is 13.5 Å². The van der Waals surface area contributed by atoms with E-state index in [1.165, 1.54) is 24.4 Å². The van der Waals surface area contributed by atoms with Crippen molar-refractivity contribution in [1.82, 2.24) is 9.55 Å². The Morgan fingerprint density at radius 3 is 2.28 bits per heavy atom. The predicted octanol–water partition coefficient (Wildman–Crippen LogP) is 2.08. The fourth-order valence-corrected chi connectivity index (χ4v) is 10.5. The van der Waals surface area contributed by atoms with Crippen LogP contribution >= 0.6 is 54.5 Å². The maximum Gasteiger partial charge on any atom is 0.351 e. The van der Waals surface area contributed by atoms with E-state index in [0.717, 1.165) is 16.7 Å². The molecule has 20 nitrogen and oxygen atoms in total. The van der Waals surface area contributed by atoms with Crippen molar-refractivity contribution in [3.63, 3.8) is 0 Å². The normalized spacial score (nSPS) is 24.8. The third-order valence-electron chi connectivity index (χ3n) is 7.15. The number of rotatable bonds is 12. The summed E-state index contributed by atoms with van der Waals surface area (Å²) in [5.74, 6) is -1.26. The summed E-state index contributed by atoms with van der Waals surface area (Å²) in [6, 6.07) is 4.77. The standard InChI is InChI=1S/C24H26Cl2N4O16P4/c1-24(2)14-9-12(3-5-16(14)28-17-10-15(25)22(31)21(26)20(17)24)43-48(35,36)45-50(39,40)46-49(37,38)44-47(33,34)41-11-13-4-6-19(42-13)30-8-7-18(27)29-23(30)32/h3,5,7-10,13,19H,4,6,11H2,1-2H3,(H,33,34)(H,35,36)(H,37,38)(H,39,40)(H2,27,29,32)/p-4. The molecule has 2 aliphatic heterocycles. The molecule has 1 aliphatic carbocycles. The van der Waals surface area contributed by atoms with Crippen LogP contribution in [-0.4, -0.2) is 33.8 Å². The lowest BCUT2D eigenvalue weighted by molar-refractivity contribution is -0.253. The van der Waals surface area contributed by atoms with Crippen LogP contribution in [0.1, 0.15) is 38.5 Å². The van der Waals surface area contributed by atoms with Crippen molar-refractivity contribution < 1.29 is 69.3 Å². The van der Waals surface area contributed by atoms with Gasteiger partial charge in [0.25, 0.3) is 23.5 Å². The molecule has 26 heteroatoms. The van der Waals surface area contributed by atoms with Crippen LogP contribution < -0.4 is 35.5 Å². The monoisotopic (exact) mass is 816 g/mol. The van der Waals surface area contributed by atoms with Crippen LogP contribution in [0.2, 0.25) is 0 Å². The van der Waals surface area contributed by atoms with Gasteiger partial charge in [-0.25, -0.2) is 22.7 Å². The highest BCUT2D eigenvalue weighted by molar-refractivity contribution is 7.68. The van der Waals surface area contributed by atoms with Crippen LogP contribution in [0.5, 0.6) is 5.75 Å². The Labute approximate surface area is 291 Å². The van der Waals surface area contributed by atoms with E-state index in [-0.39, 0.29) is 51.3 Å². The van der Waals surface area contributed by atoms with E-state index in [2.05, 4.69) is 32.0 Å². The summed E-state index contributed by atoms with van der Waals surface area (Å²) in [5, 5.41) is -0.409. The van der Waals surface area contributed by atoms with Crippen LogP contribution in [0, 0.1) is 0 Å². The zero-order chi connectivity index (χ0) is 37.0. The number of hydrogen-bond donors (Lipinski definition) is 1. The third kappa shape index (κ3) is 8.81. The molecule has 0 saturated carbocycles. The van der Waals surface area contributed by atoms with Gasteiger partial charge in [0.2, 0.25) is 5.78 Å². The summed E-state index contributed by atoms with van der Waals surface area (Å²) in [6.07, 6.45) is 1.04. The van der Waals surface area contributed by atoms with Crippen LogP contribution in [0.3, 0.4) is 0 Å². The van der Waals surface area contributed by atoms with Gasteiger partial charge in [-0.2, -0.15) is 4.98 Å². The number of fused-ring (bicyclic) bond motifs is 2. The highest BCUT2D eigenvalue weighted by Gasteiger charge is 2.41. The number of carbonyl (C=O) groups is 1. The number of hydrogen-bond acceptors (Lipinski definition) is 19. The second-order valence-corrected chi connectivity index (χ2v) is 17.8. The number of anilines is 1. The van der Waals surface area contributed by atoms with Gasteiger partial charge in [0.05, 0.1) is 34.2 Å². The van der Waals surface area contributed by atoms with Crippen molar-refractivity contribution in [3.8, 4) is 5.75 Å². The average molecular weight is 817 g/mol. The highest BCUT2D eigenvalue weighted by Crippen LogP contribution is 2.66. The number of carbonyl (C=O) groups excluding carboxylic acids is 1. The molecular formula is C24H22Cl2N4O16P4-4.